The zero-order valence-corrected chi connectivity index (χ0v) is 7.88. The summed E-state index contributed by atoms with van der Waals surface area (Å²) < 4.78 is 0. The molecule has 11 heavy (non-hydrogen) atoms. The van der Waals surface area contributed by atoms with E-state index in [9.17, 15) is 0 Å². The van der Waals surface area contributed by atoms with Gasteiger partial charge in [0, 0.05) is 25.7 Å². The molecule has 1 saturated heterocycles. The Morgan fingerprint density at radius 2 is 1.82 bits per heavy atom. The summed E-state index contributed by atoms with van der Waals surface area (Å²) in [6, 6.07) is 0.572. The normalized spacial score (nSPS) is 36.0. The number of likely N-dealkylation sites (tertiary alicyclic amines) is 1. The molecule has 0 bridgehead atoms. The van der Waals surface area contributed by atoms with E-state index in [0.717, 1.165) is 18.4 Å². The molecule has 2 N–H and O–H groups in total. The molecule has 0 aromatic heterocycles. The van der Waals surface area contributed by atoms with Gasteiger partial charge >= 0.3 is 0 Å². The molecule has 1 aliphatic rings. The molecule has 0 aromatic carbocycles. The van der Waals surface area contributed by atoms with E-state index in [4.69, 9.17) is 5.73 Å². The predicted octanol–water partition coefficient (Wildman–Crippen LogP) is 0.921. The number of nitrogens with zero attached hydrogens (tertiary/aromatic N) is 1. The number of hydrogen-bond acceptors (Lipinski definition) is 2. The molecule has 2 nitrogen and oxygen atoms in total. The largest absolute Gasteiger partial charge is 0.329 e. The highest BCUT2D eigenvalue weighted by Crippen LogP contribution is 2.23. The van der Waals surface area contributed by atoms with Crippen LogP contribution in [0.3, 0.4) is 0 Å². The van der Waals surface area contributed by atoms with E-state index in [0.29, 0.717) is 6.04 Å². The summed E-state index contributed by atoms with van der Waals surface area (Å²) >= 11 is 0. The Morgan fingerprint density at radius 3 is 2.18 bits per heavy atom. The Hall–Kier alpha value is -0.0800. The SMILES string of the molecule is CC1CN(C(C)CN)CC1C. The summed E-state index contributed by atoms with van der Waals surface area (Å²) in [4.78, 5) is 2.50. The summed E-state index contributed by atoms with van der Waals surface area (Å²) in [5.74, 6) is 1.70. The molecule has 3 unspecified atom stereocenters. The van der Waals surface area contributed by atoms with Crippen LogP contribution >= 0.6 is 0 Å². The Kier molecular flexibility index (Phi) is 2.90. The Balaban J connectivity index is 2.40. The molecular formula is C9H20N2. The Labute approximate surface area is 69.8 Å². The molecule has 0 aromatic rings. The molecule has 0 saturated carbocycles. The summed E-state index contributed by atoms with van der Waals surface area (Å²) in [6.45, 7) is 10.1. The van der Waals surface area contributed by atoms with Gasteiger partial charge in [-0.2, -0.15) is 0 Å². The van der Waals surface area contributed by atoms with E-state index >= 15 is 0 Å². The first kappa shape index (κ1) is 9.01. The van der Waals surface area contributed by atoms with E-state index in [1.54, 1.807) is 0 Å². The maximum absolute atomic E-state index is 5.60. The topological polar surface area (TPSA) is 29.3 Å². The van der Waals surface area contributed by atoms with Gasteiger partial charge in [-0.15, -0.1) is 0 Å². The average molecular weight is 156 g/mol. The third kappa shape index (κ3) is 1.94. The number of hydrogen-bond donors (Lipinski definition) is 1. The van der Waals surface area contributed by atoms with Crippen molar-refractivity contribution in [3.8, 4) is 0 Å². The van der Waals surface area contributed by atoms with Gasteiger partial charge in [0.05, 0.1) is 0 Å². The first-order valence-corrected chi connectivity index (χ1v) is 4.59. The van der Waals surface area contributed by atoms with Gasteiger partial charge in [-0.1, -0.05) is 13.8 Å². The van der Waals surface area contributed by atoms with E-state index < -0.39 is 0 Å². The van der Waals surface area contributed by atoms with Crippen molar-refractivity contribution in [1.29, 1.82) is 0 Å². The van der Waals surface area contributed by atoms with E-state index in [2.05, 4.69) is 25.7 Å². The lowest BCUT2D eigenvalue weighted by Gasteiger charge is -2.22. The fourth-order valence-corrected chi connectivity index (χ4v) is 1.68. The zero-order chi connectivity index (χ0) is 8.43. The third-order valence-electron chi connectivity index (χ3n) is 2.98. The third-order valence-corrected chi connectivity index (χ3v) is 2.98. The maximum Gasteiger partial charge on any atom is 0.0190 e. The van der Waals surface area contributed by atoms with Crippen LogP contribution in [0.15, 0.2) is 0 Å². The second-order valence-corrected chi connectivity index (χ2v) is 3.99. The van der Waals surface area contributed by atoms with E-state index in [1.807, 2.05) is 0 Å². The summed E-state index contributed by atoms with van der Waals surface area (Å²) in [6.07, 6.45) is 0. The highest BCUT2D eigenvalue weighted by molar-refractivity contribution is 4.82. The first-order chi connectivity index (χ1) is 5.15. The van der Waals surface area contributed by atoms with Crippen LogP contribution in [0.1, 0.15) is 20.8 Å². The molecule has 2 heteroatoms. The molecule has 1 heterocycles. The van der Waals surface area contributed by atoms with Gasteiger partial charge in [-0.25, -0.2) is 0 Å². The lowest BCUT2D eigenvalue weighted by molar-refractivity contribution is 0.253. The van der Waals surface area contributed by atoms with Gasteiger partial charge in [-0.3, -0.25) is 4.90 Å². The molecular weight excluding hydrogens is 136 g/mol. The molecule has 1 aliphatic heterocycles. The predicted molar refractivity (Wildman–Crippen MR) is 48.4 cm³/mol. The monoisotopic (exact) mass is 156 g/mol. The molecule has 1 rings (SSSR count). The highest BCUT2D eigenvalue weighted by Gasteiger charge is 2.28. The van der Waals surface area contributed by atoms with Crippen LogP contribution in [-0.2, 0) is 0 Å². The minimum Gasteiger partial charge on any atom is -0.329 e. The number of rotatable bonds is 2. The maximum atomic E-state index is 5.60. The van der Waals surface area contributed by atoms with Gasteiger partial charge in [0.2, 0.25) is 0 Å². The molecule has 1 fully saturated rings. The summed E-state index contributed by atoms with van der Waals surface area (Å²) in [5, 5.41) is 0. The second-order valence-electron chi connectivity index (χ2n) is 3.99. The van der Waals surface area contributed by atoms with E-state index in [-0.39, 0.29) is 0 Å². The fourth-order valence-electron chi connectivity index (χ4n) is 1.68. The molecule has 0 aliphatic carbocycles. The molecule has 66 valence electrons. The van der Waals surface area contributed by atoms with Gasteiger partial charge in [0.15, 0.2) is 0 Å². The van der Waals surface area contributed by atoms with Crippen molar-refractivity contribution in [3.63, 3.8) is 0 Å². The standard InChI is InChI=1S/C9H20N2/c1-7-5-11(6-8(7)2)9(3)4-10/h7-9H,4-6,10H2,1-3H3. The molecule has 0 amide bonds. The highest BCUT2D eigenvalue weighted by atomic mass is 15.2. The lowest BCUT2D eigenvalue weighted by Crippen LogP contribution is -2.36. The van der Waals surface area contributed by atoms with Crippen LogP contribution in [0.2, 0.25) is 0 Å². The van der Waals surface area contributed by atoms with Crippen molar-refractivity contribution in [2.24, 2.45) is 17.6 Å². The van der Waals surface area contributed by atoms with Crippen molar-refractivity contribution in [1.82, 2.24) is 4.90 Å². The van der Waals surface area contributed by atoms with Crippen LogP contribution in [0.25, 0.3) is 0 Å². The first-order valence-electron chi connectivity index (χ1n) is 4.59. The quantitative estimate of drug-likeness (QED) is 0.644. The van der Waals surface area contributed by atoms with Crippen LogP contribution in [0.5, 0.6) is 0 Å². The second kappa shape index (κ2) is 3.55. The Bertz CT molecular complexity index is 115. The van der Waals surface area contributed by atoms with Gasteiger partial charge in [-0.05, 0) is 18.8 Å². The van der Waals surface area contributed by atoms with Gasteiger partial charge < -0.3 is 5.73 Å². The van der Waals surface area contributed by atoms with Gasteiger partial charge in [0.25, 0.3) is 0 Å². The lowest BCUT2D eigenvalue weighted by atomic mass is 10.0. The van der Waals surface area contributed by atoms with Crippen molar-refractivity contribution in [2.75, 3.05) is 19.6 Å². The molecule has 0 spiro atoms. The number of nitrogens with two attached hydrogens (primary N) is 1. The smallest absolute Gasteiger partial charge is 0.0190 e. The van der Waals surface area contributed by atoms with Crippen LogP contribution in [0.4, 0.5) is 0 Å². The zero-order valence-electron chi connectivity index (χ0n) is 7.88. The minimum atomic E-state index is 0.572. The molecule has 0 radical (unpaired) electrons. The van der Waals surface area contributed by atoms with Crippen LogP contribution in [0, 0.1) is 11.8 Å². The average Bonchev–Trinajstić information content (AvgIpc) is 2.31. The van der Waals surface area contributed by atoms with E-state index in [1.165, 1.54) is 13.1 Å². The molecule has 3 atom stereocenters. The van der Waals surface area contributed by atoms with Crippen molar-refractivity contribution in [3.05, 3.63) is 0 Å². The van der Waals surface area contributed by atoms with Crippen LogP contribution in [-0.4, -0.2) is 30.6 Å². The van der Waals surface area contributed by atoms with Crippen LogP contribution < -0.4 is 5.73 Å². The fraction of sp³-hybridized carbons (Fsp3) is 1.00. The Morgan fingerprint density at radius 1 is 1.36 bits per heavy atom. The minimum absolute atomic E-state index is 0.572. The van der Waals surface area contributed by atoms with Crippen molar-refractivity contribution >= 4 is 0 Å². The van der Waals surface area contributed by atoms with Crippen molar-refractivity contribution < 1.29 is 0 Å². The van der Waals surface area contributed by atoms with Gasteiger partial charge in [0.1, 0.15) is 0 Å². The summed E-state index contributed by atoms with van der Waals surface area (Å²) in [5.41, 5.74) is 5.60. The van der Waals surface area contributed by atoms with Crippen molar-refractivity contribution in [2.45, 2.75) is 26.8 Å². The summed E-state index contributed by atoms with van der Waals surface area (Å²) in [7, 11) is 0.